The van der Waals surface area contributed by atoms with E-state index in [1.807, 2.05) is 0 Å². The van der Waals surface area contributed by atoms with E-state index in [1.54, 1.807) is 56.3 Å². The zero-order chi connectivity index (χ0) is 28.6. The number of nitro groups is 1. The molecule has 1 aliphatic heterocycles. The van der Waals surface area contributed by atoms with E-state index in [9.17, 15) is 19.7 Å². The van der Waals surface area contributed by atoms with Crippen LogP contribution in [0.2, 0.25) is 5.02 Å². The van der Waals surface area contributed by atoms with Gasteiger partial charge in [-0.3, -0.25) is 19.5 Å². The van der Waals surface area contributed by atoms with E-state index in [0.29, 0.717) is 48.5 Å². The molecule has 0 bridgehead atoms. The summed E-state index contributed by atoms with van der Waals surface area (Å²) in [5, 5.41) is 11.8. The topological polar surface area (TPSA) is 126 Å². The quantitative estimate of drug-likeness (QED) is 0.177. The second-order valence-electron chi connectivity index (χ2n) is 8.70. The van der Waals surface area contributed by atoms with Crippen LogP contribution >= 0.6 is 22.9 Å². The summed E-state index contributed by atoms with van der Waals surface area (Å²) in [6.45, 7) is 3.59. The molecule has 0 radical (unpaired) electrons. The molecule has 0 unspecified atom stereocenters. The molecule has 0 N–H and O–H groups in total. The first-order valence-corrected chi connectivity index (χ1v) is 13.3. The lowest BCUT2D eigenvalue weighted by molar-refractivity contribution is -0.384. The summed E-state index contributed by atoms with van der Waals surface area (Å²) in [5.74, 6) is 0.521. The molecule has 4 aromatic rings. The molecule has 204 valence electrons. The maximum atomic E-state index is 13.7. The van der Waals surface area contributed by atoms with Gasteiger partial charge in [0, 0.05) is 23.2 Å². The first-order valence-electron chi connectivity index (χ1n) is 12.1. The van der Waals surface area contributed by atoms with Gasteiger partial charge < -0.3 is 13.9 Å². The highest BCUT2D eigenvalue weighted by molar-refractivity contribution is 7.07. The smallest absolute Gasteiger partial charge is 0.338 e. The Kier molecular flexibility index (Phi) is 7.42. The van der Waals surface area contributed by atoms with Crippen LogP contribution in [0.5, 0.6) is 5.75 Å². The largest absolute Gasteiger partial charge is 0.496 e. The van der Waals surface area contributed by atoms with Crippen LogP contribution in [0.4, 0.5) is 5.69 Å². The summed E-state index contributed by atoms with van der Waals surface area (Å²) < 4.78 is 18.4. The van der Waals surface area contributed by atoms with Crippen molar-refractivity contribution in [2.24, 2.45) is 4.99 Å². The minimum atomic E-state index is -0.768. The SMILES string of the molecule is CCOC(=O)C1=C(C)N=c2s/c(=C\c3ccc(-c4cc([N+](=O)[O-])ccc4OC)o3)c(=O)n2[C@@H]1c1ccc(Cl)cc1. The van der Waals surface area contributed by atoms with Crippen molar-refractivity contribution in [3.8, 4) is 17.1 Å². The number of nitrogens with zero attached hydrogens (tertiary/aromatic N) is 3. The summed E-state index contributed by atoms with van der Waals surface area (Å²) in [5.41, 5.74) is 1.30. The van der Waals surface area contributed by atoms with E-state index in [2.05, 4.69) is 4.99 Å². The van der Waals surface area contributed by atoms with Crippen molar-refractivity contribution in [3.05, 3.63) is 112 Å². The van der Waals surface area contributed by atoms with Crippen molar-refractivity contribution in [1.29, 1.82) is 0 Å². The van der Waals surface area contributed by atoms with Gasteiger partial charge in [0.15, 0.2) is 4.80 Å². The lowest BCUT2D eigenvalue weighted by atomic mass is 9.96. The molecule has 40 heavy (non-hydrogen) atoms. The number of halogens is 1. The summed E-state index contributed by atoms with van der Waals surface area (Å²) >= 11 is 7.25. The molecule has 1 atom stereocenters. The standard InChI is InChI=1S/C28H22ClN3O7S/c1-4-38-27(34)24-15(2)30-28-31(25(24)16-5-7-17(29)8-6-16)26(33)23(40-28)14-19-10-12-22(39-19)20-13-18(32(35)36)9-11-21(20)37-3/h5-14,25H,4H2,1-3H3/b23-14-/t25-/m1/s1. The van der Waals surface area contributed by atoms with E-state index in [4.69, 9.17) is 25.5 Å². The summed E-state index contributed by atoms with van der Waals surface area (Å²) in [6, 6.07) is 13.6. The number of ether oxygens (including phenoxy) is 2. The van der Waals surface area contributed by atoms with Crippen LogP contribution in [-0.4, -0.2) is 29.2 Å². The van der Waals surface area contributed by atoms with E-state index >= 15 is 0 Å². The zero-order valence-electron chi connectivity index (χ0n) is 21.5. The molecule has 12 heteroatoms. The molecule has 0 fully saturated rings. The molecule has 0 amide bonds. The molecule has 5 rings (SSSR count). The van der Waals surface area contributed by atoms with Crippen LogP contribution < -0.4 is 19.6 Å². The number of fused-ring (bicyclic) bond motifs is 1. The highest BCUT2D eigenvalue weighted by Gasteiger charge is 2.33. The molecule has 2 aromatic heterocycles. The van der Waals surface area contributed by atoms with E-state index in [-0.39, 0.29) is 23.4 Å². The molecule has 0 aliphatic carbocycles. The Bertz CT molecular complexity index is 1850. The van der Waals surface area contributed by atoms with Crippen LogP contribution in [0.3, 0.4) is 0 Å². The number of benzene rings is 2. The Balaban J connectivity index is 1.63. The molecule has 0 spiro atoms. The van der Waals surface area contributed by atoms with Crippen LogP contribution in [0.25, 0.3) is 17.4 Å². The molecule has 10 nitrogen and oxygen atoms in total. The normalized spacial score (nSPS) is 15.0. The lowest BCUT2D eigenvalue weighted by Gasteiger charge is -2.24. The van der Waals surface area contributed by atoms with E-state index in [0.717, 1.165) is 11.3 Å². The first-order chi connectivity index (χ1) is 19.2. The van der Waals surface area contributed by atoms with Crippen molar-refractivity contribution in [2.75, 3.05) is 13.7 Å². The molecule has 2 aromatic carbocycles. The predicted octanol–water partition coefficient (Wildman–Crippen LogP) is 4.63. The van der Waals surface area contributed by atoms with Crippen LogP contribution in [0.1, 0.15) is 31.2 Å². The van der Waals surface area contributed by atoms with Crippen molar-refractivity contribution in [2.45, 2.75) is 19.9 Å². The third kappa shape index (κ3) is 4.96. The van der Waals surface area contributed by atoms with Gasteiger partial charge in [-0.2, -0.15) is 0 Å². The number of hydrogen-bond donors (Lipinski definition) is 0. The van der Waals surface area contributed by atoms with Crippen molar-refractivity contribution in [1.82, 2.24) is 4.57 Å². The molecule has 3 heterocycles. The fourth-order valence-electron chi connectivity index (χ4n) is 4.46. The number of hydrogen-bond acceptors (Lipinski definition) is 9. The average molecular weight is 580 g/mol. The summed E-state index contributed by atoms with van der Waals surface area (Å²) in [7, 11) is 1.46. The number of thiazole rings is 1. The van der Waals surface area contributed by atoms with Crippen molar-refractivity contribution < 1.29 is 23.6 Å². The lowest BCUT2D eigenvalue weighted by Crippen LogP contribution is -2.39. The fourth-order valence-corrected chi connectivity index (χ4v) is 5.61. The van der Waals surface area contributed by atoms with Gasteiger partial charge in [-0.25, -0.2) is 9.79 Å². The van der Waals surface area contributed by atoms with E-state index < -0.39 is 16.9 Å². The van der Waals surface area contributed by atoms with Gasteiger partial charge >= 0.3 is 5.97 Å². The monoisotopic (exact) mass is 579 g/mol. The number of carbonyl (C=O) groups is 1. The third-order valence-electron chi connectivity index (χ3n) is 6.26. The number of carbonyl (C=O) groups excluding carboxylic acids is 1. The number of aromatic nitrogens is 1. The number of non-ortho nitro benzene ring substituents is 1. The maximum Gasteiger partial charge on any atom is 0.338 e. The highest BCUT2D eigenvalue weighted by atomic mass is 35.5. The number of furan rings is 1. The number of rotatable bonds is 7. The van der Waals surface area contributed by atoms with Crippen molar-refractivity contribution in [3.63, 3.8) is 0 Å². The van der Waals surface area contributed by atoms with Crippen LogP contribution in [-0.2, 0) is 9.53 Å². The van der Waals surface area contributed by atoms with Gasteiger partial charge in [-0.05, 0) is 49.7 Å². The molecule has 1 aliphatic rings. The van der Waals surface area contributed by atoms with Gasteiger partial charge in [0.2, 0.25) is 0 Å². The summed E-state index contributed by atoms with van der Waals surface area (Å²) in [6.07, 6.45) is 1.57. The Morgan fingerprint density at radius 2 is 1.98 bits per heavy atom. The molecular weight excluding hydrogens is 558 g/mol. The number of allylic oxidation sites excluding steroid dienone is 1. The number of esters is 1. The highest BCUT2D eigenvalue weighted by Crippen LogP contribution is 2.35. The second-order valence-corrected chi connectivity index (χ2v) is 10.1. The Morgan fingerprint density at radius 1 is 1.23 bits per heavy atom. The molecule has 0 saturated heterocycles. The number of nitro benzene ring substituents is 1. The van der Waals surface area contributed by atoms with Gasteiger partial charge in [-0.1, -0.05) is 35.1 Å². The molecule has 0 saturated carbocycles. The average Bonchev–Trinajstić information content (AvgIpc) is 3.52. The Labute approximate surface area is 236 Å². The fraction of sp³-hybridized carbons (Fsp3) is 0.179. The first kappa shape index (κ1) is 27.1. The Morgan fingerprint density at radius 3 is 2.65 bits per heavy atom. The third-order valence-corrected chi connectivity index (χ3v) is 7.50. The van der Waals surface area contributed by atoms with Gasteiger partial charge in [0.25, 0.3) is 11.2 Å². The molecular formula is C28H22ClN3O7S. The summed E-state index contributed by atoms with van der Waals surface area (Å²) in [4.78, 5) is 42.5. The maximum absolute atomic E-state index is 13.7. The predicted molar refractivity (Wildman–Crippen MR) is 149 cm³/mol. The number of methoxy groups -OCH3 is 1. The minimum absolute atomic E-state index is 0.114. The van der Waals surface area contributed by atoms with Gasteiger partial charge in [-0.15, -0.1) is 0 Å². The Hall–Kier alpha value is -4.48. The van der Waals surface area contributed by atoms with Crippen LogP contribution in [0, 0.1) is 10.1 Å². The van der Waals surface area contributed by atoms with Crippen molar-refractivity contribution >= 4 is 40.7 Å². The van der Waals surface area contributed by atoms with Gasteiger partial charge in [0.05, 0.1) is 46.0 Å². The minimum Gasteiger partial charge on any atom is -0.496 e. The van der Waals surface area contributed by atoms with Gasteiger partial charge in [0.1, 0.15) is 17.3 Å². The van der Waals surface area contributed by atoms with E-state index in [1.165, 1.54) is 29.9 Å². The second kappa shape index (κ2) is 10.9. The van der Waals surface area contributed by atoms with Crippen LogP contribution in [0.15, 0.2) is 80.1 Å². The zero-order valence-corrected chi connectivity index (χ0v) is 23.1.